The first kappa shape index (κ1) is 24.1. The lowest BCUT2D eigenvalue weighted by atomic mass is 10.2. The molecule has 0 aliphatic heterocycles. The van der Waals surface area contributed by atoms with Crippen LogP contribution in [0.4, 0.5) is 5.69 Å². The van der Waals surface area contributed by atoms with Crippen molar-refractivity contribution in [2.45, 2.75) is 26.4 Å². The molecule has 6 nitrogen and oxygen atoms in total. The number of para-hydroxylation sites is 2. The summed E-state index contributed by atoms with van der Waals surface area (Å²) in [7, 11) is 0. The van der Waals surface area contributed by atoms with Crippen LogP contribution in [0.5, 0.6) is 17.2 Å². The summed E-state index contributed by atoms with van der Waals surface area (Å²) < 4.78 is 17.2. The highest BCUT2D eigenvalue weighted by Crippen LogP contribution is 2.20. The van der Waals surface area contributed by atoms with Crippen molar-refractivity contribution < 1.29 is 19.0 Å². The van der Waals surface area contributed by atoms with Crippen molar-refractivity contribution in [3.63, 3.8) is 0 Å². The number of anilines is 1. The van der Waals surface area contributed by atoms with E-state index in [1.165, 1.54) is 0 Å². The molecule has 3 rings (SSSR count). The van der Waals surface area contributed by atoms with Crippen molar-refractivity contribution in [1.29, 1.82) is 0 Å². The molecule has 1 atom stereocenters. The predicted octanol–water partition coefficient (Wildman–Crippen LogP) is 5.45. The average Bonchev–Trinajstić information content (AvgIpc) is 2.82. The lowest BCUT2D eigenvalue weighted by Crippen LogP contribution is -2.34. The van der Waals surface area contributed by atoms with Crippen molar-refractivity contribution in [3.05, 3.63) is 84.4 Å². The van der Waals surface area contributed by atoms with E-state index in [2.05, 4.69) is 17.6 Å². The molecule has 0 saturated carbocycles. The van der Waals surface area contributed by atoms with Gasteiger partial charge in [0.2, 0.25) is 0 Å². The zero-order chi connectivity index (χ0) is 23.5. The normalized spacial score (nSPS) is 11.2. The number of amides is 1. The van der Waals surface area contributed by atoms with E-state index in [0.29, 0.717) is 24.5 Å². The molecule has 172 valence electrons. The highest BCUT2D eigenvalue weighted by molar-refractivity contribution is 7.80. The summed E-state index contributed by atoms with van der Waals surface area (Å²) >= 11 is 5.33. The van der Waals surface area contributed by atoms with Gasteiger partial charge in [0.25, 0.3) is 5.91 Å². The first-order valence-electron chi connectivity index (χ1n) is 10.8. The van der Waals surface area contributed by atoms with Gasteiger partial charge in [0.05, 0.1) is 11.7 Å². The van der Waals surface area contributed by atoms with E-state index in [1.807, 2.05) is 67.6 Å². The van der Waals surface area contributed by atoms with Crippen LogP contribution in [0, 0.1) is 0 Å². The smallest absolute Gasteiger partial charge is 0.261 e. The van der Waals surface area contributed by atoms with E-state index in [0.717, 1.165) is 23.6 Å². The van der Waals surface area contributed by atoms with Crippen LogP contribution in [-0.4, -0.2) is 30.3 Å². The Morgan fingerprint density at radius 3 is 2.39 bits per heavy atom. The van der Waals surface area contributed by atoms with E-state index >= 15 is 0 Å². The molecule has 2 N–H and O–H groups in total. The van der Waals surface area contributed by atoms with E-state index < -0.39 is 0 Å². The van der Waals surface area contributed by atoms with Crippen molar-refractivity contribution in [3.8, 4) is 17.2 Å². The second-order valence-electron chi connectivity index (χ2n) is 7.28. The summed E-state index contributed by atoms with van der Waals surface area (Å²) in [5, 5.41) is 5.91. The third kappa shape index (κ3) is 7.80. The highest BCUT2D eigenvalue weighted by atomic mass is 32.1. The summed E-state index contributed by atoms with van der Waals surface area (Å²) in [6.45, 7) is 4.73. The molecule has 7 heteroatoms. The average molecular weight is 465 g/mol. The number of carbonyl (C=O) groups excluding carboxylic acids is 1. The van der Waals surface area contributed by atoms with Gasteiger partial charge >= 0.3 is 0 Å². The fourth-order valence-electron chi connectivity index (χ4n) is 2.90. The van der Waals surface area contributed by atoms with Crippen LogP contribution in [0.3, 0.4) is 0 Å². The first-order valence-corrected chi connectivity index (χ1v) is 11.2. The predicted molar refractivity (Wildman–Crippen MR) is 134 cm³/mol. The molecule has 3 aromatic carbocycles. The highest BCUT2D eigenvalue weighted by Gasteiger charge is 2.14. The van der Waals surface area contributed by atoms with Crippen LogP contribution in [0.25, 0.3) is 0 Å². The minimum absolute atomic E-state index is 0.112. The second kappa shape index (κ2) is 12.5. The summed E-state index contributed by atoms with van der Waals surface area (Å²) in [5.74, 6) is 1.60. The second-order valence-corrected chi connectivity index (χ2v) is 7.69. The molecule has 1 unspecified atom stereocenters. The Balaban J connectivity index is 1.53. The number of nitrogens with one attached hydrogen (secondary N) is 2. The molecule has 0 bridgehead atoms. The van der Waals surface area contributed by atoms with Crippen LogP contribution >= 0.6 is 12.2 Å². The van der Waals surface area contributed by atoms with Crippen molar-refractivity contribution in [2.24, 2.45) is 0 Å². The van der Waals surface area contributed by atoms with Gasteiger partial charge in [-0.1, -0.05) is 43.3 Å². The lowest BCUT2D eigenvalue weighted by molar-refractivity contribution is 0.0972. The van der Waals surface area contributed by atoms with Crippen LogP contribution in [0.1, 0.15) is 30.6 Å². The maximum Gasteiger partial charge on any atom is 0.261 e. The van der Waals surface area contributed by atoms with E-state index in [-0.39, 0.29) is 17.1 Å². The zero-order valence-electron chi connectivity index (χ0n) is 18.7. The number of ether oxygens (including phenoxy) is 3. The van der Waals surface area contributed by atoms with Gasteiger partial charge in [-0.2, -0.15) is 0 Å². The van der Waals surface area contributed by atoms with Crippen molar-refractivity contribution in [2.75, 3.05) is 18.5 Å². The standard InChI is InChI=1S/C26H28N2O4S/c1-3-19(2)32-22-13-9-10-20(18-22)27-26(33)28-25(29)23-14-7-8-15-24(23)31-17-16-30-21-11-5-4-6-12-21/h4-15,18-19H,3,16-17H2,1-2H3,(H2,27,28,29,33). The van der Waals surface area contributed by atoms with Crippen LogP contribution in [0.2, 0.25) is 0 Å². The SMILES string of the molecule is CCC(C)Oc1cccc(NC(=S)NC(=O)c2ccccc2OCCOc2ccccc2)c1. The monoisotopic (exact) mass is 464 g/mol. The Kier molecular flexibility index (Phi) is 9.08. The summed E-state index contributed by atoms with van der Waals surface area (Å²) in [6, 6.07) is 23.9. The molecule has 1 amide bonds. The van der Waals surface area contributed by atoms with Gasteiger partial charge in [0.15, 0.2) is 5.11 Å². The largest absolute Gasteiger partial charge is 0.491 e. The molecule has 0 aliphatic carbocycles. The number of rotatable bonds is 10. The summed E-state index contributed by atoms with van der Waals surface area (Å²) in [6.07, 6.45) is 1.02. The fraction of sp³-hybridized carbons (Fsp3) is 0.231. The molecule has 0 spiro atoms. The minimum Gasteiger partial charge on any atom is -0.491 e. The number of hydrogen-bond acceptors (Lipinski definition) is 5. The topological polar surface area (TPSA) is 68.8 Å². The zero-order valence-corrected chi connectivity index (χ0v) is 19.6. The van der Waals surface area contributed by atoms with Gasteiger partial charge < -0.3 is 19.5 Å². The molecule has 33 heavy (non-hydrogen) atoms. The van der Waals surface area contributed by atoms with Gasteiger partial charge in [-0.05, 0) is 62.0 Å². The summed E-state index contributed by atoms with van der Waals surface area (Å²) in [5.41, 5.74) is 1.11. The summed E-state index contributed by atoms with van der Waals surface area (Å²) in [4.78, 5) is 12.8. The van der Waals surface area contributed by atoms with Crippen molar-refractivity contribution in [1.82, 2.24) is 5.32 Å². The molecular formula is C26H28N2O4S. The van der Waals surface area contributed by atoms with Gasteiger partial charge in [-0.3, -0.25) is 10.1 Å². The third-order valence-electron chi connectivity index (χ3n) is 4.72. The molecule has 0 aliphatic rings. The van der Waals surface area contributed by atoms with Crippen LogP contribution in [-0.2, 0) is 0 Å². The number of carbonyl (C=O) groups is 1. The van der Waals surface area contributed by atoms with Crippen molar-refractivity contribution >= 4 is 28.9 Å². The molecule has 0 saturated heterocycles. The van der Waals surface area contributed by atoms with E-state index in [4.69, 9.17) is 26.4 Å². The Morgan fingerprint density at radius 2 is 1.61 bits per heavy atom. The maximum absolute atomic E-state index is 12.8. The maximum atomic E-state index is 12.8. The molecule has 0 radical (unpaired) electrons. The van der Waals surface area contributed by atoms with Gasteiger partial charge in [-0.25, -0.2) is 0 Å². The Bertz CT molecular complexity index is 1060. The van der Waals surface area contributed by atoms with Crippen LogP contribution in [0.15, 0.2) is 78.9 Å². The molecule has 3 aromatic rings. The Hall–Kier alpha value is -3.58. The number of thiocarbonyl (C=S) groups is 1. The molecular weight excluding hydrogens is 436 g/mol. The van der Waals surface area contributed by atoms with Gasteiger partial charge in [0, 0.05) is 11.8 Å². The Morgan fingerprint density at radius 1 is 0.909 bits per heavy atom. The molecule has 0 heterocycles. The van der Waals surface area contributed by atoms with E-state index in [9.17, 15) is 4.79 Å². The Labute approximate surface area is 199 Å². The van der Waals surface area contributed by atoms with E-state index in [1.54, 1.807) is 18.2 Å². The minimum atomic E-state index is -0.362. The molecule has 0 aromatic heterocycles. The lowest BCUT2D eigenvalue weighted by Gasteiger charge is -2.15. The first-order chi connectivity index (χ1) is 16.0. The third-order valence-corrected chi connectivity index (χ3v) is 4.92. The van der Waals surface area contributed by atoms with Gasteiger partial charge in [0.1, 0.15) is 30.5 Å². The quantitative estimate of drug-likeness (QED) is 0.307. The molecule has 0 fully saturated rings. The van der Waals surface area contributed by atoms with Crippen LogP contribution < -0.4 is 24.8 Å². The fourth-order valence-corrected chi connectivity index (χ4v) is 3.11. The van der Waals surface area contributed by atoms with Gasteiger partial charge in [-0.15, -0.1) is 0 Å². The number of hydrogen-bond donors (Lipinski definition) is 2. The number of benzene rings is 3.